The fourth-order valence-electron chi connectivity index (χ4n) is 2.56. The summed E-state index contributed by atoms with van der Waals surface area (Å²) in [5.41, 5.74) is 1.04. The zero-order valence-corrected chi connectivity index (χ0v) is 13.0. The third-order valence-electron chi connectivity index (χ3n) is 3.62. The van der Waals surface area contributed by atoms with E-state index in [1.165, 1.54) is 4.31 Å². The molecule has 7 heteroatoms. The van der Waals surface area contributed by atoms with Crippen LogP contribution < -0.4 is 5.32 Å². The normalized spacial score (nSPS) is 20.1. The van der Waals surface area contributed by atoms with Gasteiger partial charge in [-0.1, -0.05) is 12.5 Å². The minimum absolute atomic E-state index is 0.205. The van der Waals surface area contributed by atoms with E-state index in [0.717, 1.165) is 24.7 Å². The van der Waals surface area contributed by atoms with Crippen LogP contribution in [0.4, 0.5) is 0 Å². The molecule has 1 N–H and O–H groups in total. The van der Waals surface area contributed by atoms with E-state index >= 15 is 0 Å². The molecule has 1 aliphatic rings. The number of aromatic nitrogens is 1. The molecule has 1 aromatic rings. The van der Waals surface area contributed by atoms with Gasteiger partial charge in [-0.2, -0.15) is 4.31 Å². The summed E-state index contributed by atoms with van der Waals surface area (Å²) in [6.45, 7) is 0.915. The summed E-state index contributed by atoms with van der Waals surface area (Å²) in [5, 5.41) is 2.83. The summed E-state index contributed by atoms with van der Waals surface area (Å²) in [7, 11) is -3.33. The molecule has 0 unspecified atom stereocenters. The number of carbonyl (C=O) groups is 1. The van der Waals surface area contributed by atoms with E-state index in [1.54, 1.807) is 12.4 Å². The third kappa shape index (κ3) is 4.50. The summed E-state index contributed by atoms with van der Waals surface area (Å²) in [4.78, 5) is 16.2. The van der Waals surface area contributed by atoms with Crippen molar-refractivity contribution in [2.24, 2.45) is 0 Å². The van der Waals surface area contributed by atoms with Crippen LogP contribution in [0.1, 0.15) is 24.8 Å². The van der Waals surface area contributed by atoms with Crippen molar-refractivity contribution in [2.75, 3.05) is 19.3 Å². The molecule has 1 amide bonds. The second-order valence-electron chi connectivity index (χ2n) is 5.29. The molecule has 21 heavy (non-hydrogen) atoms. The average Bonchev–Trinajstić information content (AvgIpc) is 2.47. The lowest BCUT2D eigenvalue weighted by atomic mass is 10.0. The fraction of sp³-hybridized carbons (Fsp3) is 0.571. The van der Waals surface area contributed by atoms with Crippen LogP contribution in [0.2, 0.25) is 0 Å². The van der Waals surface area contributed by atoms with Crippen LogP contribution in [0, 0.1) is 0 Å². The highest BCUT2D eigenvalue weighted by Gasteiger charge is 2.34. The van der Waals surface area contributed by atoms with Crippen molar-refractivity contribution in [3.8, 4) is 0 Å². The second-order valence-corrected chi connectivity index (χ2v) is 7.22. The molecule has 1 fully saturated rings. The maximum atomic E-state index is 12.2. The van der Waals surface area contributed by atoms with Gasteiger partial charge in [-0.05, 0) is 30.9 Å². The van der Waals surface area contributed by atoms with Crippen LogP contribution in [-0.4, -0.2) is 49.0 Å². The molecule has 2 heterocycles. The largest absolute Gasteiger partial charge is 0.354 e. The lowest BCUT2D eigenvalue weighted by molar-refractivity contribution is -0.125. The van der Waals surface area contributed by atoms with Crippen molar-refractivity contribution < 1.29 is 13.2 Å². The first-order valence-corrected chi connectivity index (χ1v) is 8.97. The summed E-state index contributed by atoms with van der Waals surface area (Å²) >= 11 is 0. The van der Waals surface area contributed by atoms with Crippen LogP contribution in [-0.2, 0) is 21.2 Å². The van der Waals surface area contributed by atoms with E-state index in [4.69, 9.17) is 0 Å². The van der Waals surface area contributed by atoms with Gasteiger partial charge in [0, 0.05) is 25.5 Å². The number of amides is 1. The lowest BCUT2D eigenvalue weighted by Gasteiger charge is -2.32. The van der Waals surface area contributed by atoms with Crippen LogP contribution in [0.15, 0.2) is 24.5 Å². The first-order valence-electron chi connectivity index (χ1n) is 7.12. The highest BCUT2D eigenvalue weighted by atomic mass is 32.2. The SMILES string of the molecule is CS(=O)(=O)N1CCCC[C@H]1C(=O)NCCc1cccnc1. The Balaban J connectivity index is 1.89. The minimum Gasteiger partial charge on any atom is -0.354 e. The van der Waals surface area contributed by atoms with E-state index in [0.29, 0.717) is 25.9 Å². The van der Waals surface area contributed by atoms with Gasteiger partial charge < -0.3 is 5.32 Å². The number of rotatable bonds is 5. The lowest BCUT2D eigenvalue weighted by Crippen LogP contribution is -2.51. The molecule has 1 aliphatic heterocycles. The van der Waals surface area contributed by atoms with Gasteiger partial charge in [0.25, 0.3) is 0 Å². The summed E-state index contributed by atoms with van der Waals surface area (Å²) in [6.07, 6.45) is 7.59. The maximum Gasteiger partial charge on any atom is 0.238 e. The molecular formula is C14H21N3O3S. The Kier molecular flexibility index (Phi) is 5.30. The fourth-order valence-corrected chi connectivity index (χ4v) is 3.68. The Morgan fingerprint density at radius 1 is 1.48 bits per heavy atom. The number of sulfonamides is 1. The molecule has 2 rings (SSSR count). The second kappa shape index (κ2) is 7.00. The number of hydrogen-bond acceptors (Lipinski definition) is 4. The Bertz CT molecular complexity index is 574. The number of hydrogen-bond donors (Lipinski definition) is 1. The molecule has 116 valence electrons. The van der Waals surface area contributed by atoms with E-state index in [-0.39, 0.29) is 5.91 Å². The molecule has 0 radical (unpaired) electrons. The number of nitrogens with zero attached hydrogens (tertiary/aromatic N) is 2. The van der Waals surface area contributed by atoms with E-state index < -0.39 is 16.1 Å². The van der Waals surface area contributed by atoms with Crippen molar-refractivity contribution >= 4 is 15.9 Å². The predicted molar refractivity (Wildman–Crippen MR) is 80.1 cm³/mol. The van der Waals surface area contributed by atoms with Crippen molar-refractivity contribution in [1.29, 1.82) is 0 Å². The van der Waals surface area contributed by atoms with Crippen LogP contribution in [0.5, 0.6) is 0 Å². The minimum atomic E-state index is -3.33. The molecule has 0 spiro atoms. The van der Waals surface area contributed by atoms with Gasteiger partial charge in [-0.25, -0.2) is 8.42 Å². The summed E-state index contributed by atoms with van der Waals surface area (Å²) < 4.78 is 24.8. The number of carbonyl (C=O) groups excluding carboxylic acids is 1. The number of nitrogens with one attached hydrogen (secondary N) is 1. The van der Waals surface area contributed by atoms with Gasteiger partial charge in [-0.15, -0.1) is 0 Å². The third-order valence-corrected chi connectivity index (χ3v) is 4.91. The van der Waals surface area contributed by atoms with Crippen molar-refractivity contribution in [1.82, 2.24) is 14.6 Å². The molecule has 6 nitrogen and oxygen atoms in total. The highest BCUT2D eigenvalue weighted by molar-refractivity contribution is 7.88. The molecule has 0 bridgehead atoms. The van der Waals surface area contributed by atoms with Gasteiger partial charge in [0.15, 0.2) is 0 Å². The van der Waals surface area contributed by atoms with Gasteiger partial charge in [-0.3, -0.25) is 9.78 Å². The van der Waals surface area contributed by atoms with Crippen LogP contribution in [0.25, 0.3) is 0 Å². The standard InChI is InChI=1S/C14H21N3O3S/c1-21(19,20)17-10-3-2-6-13(17)14(18)16-9-7-12-5-4-8-15-11-12/h4-5,8,11,13H,2-3,6-7,9-10H2,1H3,(H,16,18)/t13-/m0/s1. The summed E-state index contributed by atoms with van der Waals surface area (Å²) in [6, 6.07) is 3.23. The molecular weight excluding hydrogens is 290 g/mol. The van der Waals surface area contributed by atoms with E-state index in [1.807, 2.05) is 12.1 Å². The monoisotopic (exact) mass is 311 g/mol. The Labute approximate surface area is 125 Å². The van der Waals surface area contributed by atoms with E-state index in [2.05, 4.69) is 10.3 Å². The number of piperidine rings is 1. The van der Waals surface area contributed by atoms with Crippen molar-refractivity contribution in [3.63, 3.8) is 0 Å². The first-order chi connectivity index (χ1) is 9.98. The van der Waals surface area contributed by atoms with Gasteiger partial charge >= 0.3 is 0 Å². The molecule has 0 saturated carbocycles. The average molecular weight is 311 g/mol. The first kappa shape index (κ1) is 15.9. The smallest absolute Gasteiger partial charge is 0.238 e. The Morgan fingerprint density at radius 2 is 2.29 bits per heavy atom. The highest BCUT2D eigenvalue weighted by Crippen LogP contribution is 2.19. The summed E-state index contributed by atoms with van der Waals surface area (Å²) in [5.74, 6) is -0.205. The molecule has 1 aromatic heterocycles. The van der Waals surface area contributed by atoms with Gasteiger partial charge in [0.05, 0.1) is 6.26 Å². The van der Waals surface area contributed by atoms with Crippen LogP contribution >= 0.6 is 0 Å². The zero-order valence-electron chi connectivity index (χ0n) is 12.2. The van der Waals surface area contributed by atoms with E-state index in [9.17, 15) is 13.2 Å². The number of pyridine rings is 1. The van der Waals surface area contributed by atoms with Crippen molar-refractivity contribution in [2.45, 2.75) is 31.7 Å². The quantitative estimate of drug-likeness (QED) is 0.861. The van der Waals surface area contributed by atoms with Gasteiger partial charge in [0.2, 0.25) is 15.9 Å². The molecule has 0 aliphatic carbocycles. The molecule has 1 atom stereocenters. The Morgan fingerprint density at radius 3 is 2.95 bits per heavy atom. The zero-order chi connectivity index (χ0) is 15.3. The van der Waals surface area contributed by atoms with Gasteiger partial charge in [0.1, 0.15) is 6.04 Å². The maximum absolute atomic E-state index is 12.2. The molecule has 1 saturated heterocycles. The Hall–Kier alpha value is -1.47. The van der Waals surface area contributed by atoms with Crippen molar-refractivity contribution in [3.05, 3.63) is 30.1 Å². The predicted octanol–water partition coefficient (Wildman–Crippen LogP) is 0.554. The topological polar surface area (TPSA) is 79.4 Å². The van der Waals surface area contributed by atoms with Crippen LogP contribution in [0.3, 0.4) is 0 Å². The molecule has 0 aromatic carbocycles.